The van der Waals surface area contributed by atoms with Gasteiger partial charge in [-0.3, -0.25) is 10.1 Å². The molecule has 0 spiro atoms. The molecule has 0 heterocycles. The van der Waals surface area contributed by atoms with Gasteiger partial charge in [-0.2, -0.15) is 0 Å². The fourth-order valence-corrected chi connectivity index (χ4v) is 1.61. The van der Waals surface area contributed by atoms with Gasteiger partial charge in [0.25, 0.3) is 0 Å². The number of halogens is 1. The van der Waals surface area contributed by atoms with E-state index in [4.69, 9.17) is 0 Å². The maximum Gasteiger partial charge on any atom is 0.240 e. The highest BCUT2D eigenvalue weighted by Crippen LogP contribution is 2.26. The van der Waals surface area contributed by atoms with Crippen molar-refractivity contribution in [2.45, 2.75) is 19.1 Å². The Hall–Kier alpha value is -0.940. The third kappa shape index (κ3) is 2.30. The van der Waals surface area contributed by atoms with Gasteiger partial charge >= 0.3 is 0 Å². The zero-order valence-electron chi connectivity index (χ0n) is 7.55. The van der Waals surface area contributed by atoms with Crippen molar-refractivity contribution in [2.75, 3.05) is 0 Å². The molecule has 0 radical (unpaired) electrons. The van der Waals surface area contributed by atoms with Gasteiger partial charge in [-0.05, 0) is 6.07 Å². The third-order valence-corrected chi connectivity index (χ3v) is 2.74. The molecule has 76 valence electrons. The van der Waals surface area contributed by atoms with Crippen LogP contribution in [0, 0.1) is 10.1 Å². The van der Waals surface area contributed by atoms with Gasteiger partial charge in [-0.15, -0.1) is 0 Å². The van der Waals surface area contributed by atoms with E-state index in [0.717, 1.165) is 0 Å². The summed E-state index contributed by atoms with van der Waals surface area (Å²) in [6, 6.07) is 5.92. The Morgan fingerprint density at radius 1 is 1.50 bits per heavy atom. The van der Waals surface area contributed by atoms with E-state index in [0.29, 0.717) is 10.0 Å². The molecule has 0 aromatic heterocycles. The second kappa shape index (κ2) is 4.52. The molecule has 0 aliphatic rings. The minimum atomic E-state index is -1.08. The van der Waals surface area contributed by atoms with Crippen LogP contribution >= 0.6 is 15.9 Å². The molecule has 0 aliphatic carbocycles. The van der Waals surface area contributed by atoms with Crippen molar-refractivity contribution in [3.05, 3.63) is 44.4 Å². The number of hydrogen-bond acceptors (Lipinski definition) is 3. The van der Waals surface area contributed by atoms with Gasteiger partial charge in [-0.25, -0.2) is 0 Å². The average molecular weight is 260 g/mol. The number of aliphatic hydroxyl groups is 1. The molecule has 0 fully saturated rings. The fraction of sp³-hybridized carbons (Fsp3) is 0.333. The second-order valence-corrected chi connectivity index (χ2v) is 3.85. The largest absolute Gasteiger partial charge is 0.381 e. The topological polar surface area (TPSA) is 63.4 Å². The molecule has 0 saturated carbocycles. The molecule has 0 bridgehead atoms. The average Bonchev–Trinajstić information content (AvgIpc) is 2.16. The summed E-state index contributed by atoms with van der Waals surface area (Å²) in [4.78, 5) is 9.96. The molecule has 14 heavy (non-hydrogen) atoms. The van der Waals surface area contributed by atoms with Crippen molar-refractivity contribution in [1.29, 1.82) is 0 Å². The zero-order chi connectivity index (χ0) is 10.7. The molecule has 0 amide bonds. The van der Waals surface area contributed by atoms with Gasteiger partial charge in [0.15, 0.2) is 0 Å². The van der Waals surface area contributed by atoms with Crippen molar-refractivity contribution in [3.63, 3.8) is 0 Å². The van der Waals surface area contributed by atoms with E-state index in [1.807, 2.05) is 0 Å². The zero-order valence-corrected chi connectivity index (χ0v) is 9.14. The molecule has 2 atom stereocenters. The van der Waals surface area contributed by atoms with E-state index < -0.39 is 17.1 Å². The number of rotatable bonds is 3. The minimum Gasteiger partial charge on any atom is -0.381 e. The Labute approximate surface area is 89.8 Å². The summed E-state index contributed by atoms with van der Waals surface area (Å²) in [6.45, 7) is 1.38. The summed E-state index contributed by atoms with van der Waals surface area (Å²) in [5.41, 5.74) is 0.539. The monoisotopic (exact) mass is 259 g/mol. The Bertz CT molecular complexity index is 343. The Morgan fingerprint density at radius 2 is 2.07 bits per heavy atom. The molecule has 1 aromatic rings. The SMILES string of the molecule is CC(C(O)c1ccccc1Br)[N+](=O)[O-]. The molecule has 4 nitrogen and oxygen atoms in total. The first-order valence-electron chi connectivity index (χ1n) is 4.10. The summed E-state index contributed by atoms with van der Waals surface area (Å²) in [7, 11) is 0. The van der Waals surface area contributed by atoms with Crippen LogP contribution in [0.2, 0.25) is 0 Å². The molecular weight excluding hydrogens is 250 g/mol. The lowest BCUT2D eigenvalue weighted by atomic mass is 10.0. The molecule has 2 unspecified atom stereocenters. The summed E-state index contributed by atoms with van der Waals surface area (Å²) in [6.07, 6.45) is -1.08. The molecule has 1 aromatic carbocycles. The lowest BCUT2D eigenvalue weighted by Gasteiger charge is -2.13. The quantitative estimate of drug-likeness (QED) is 0.669. The van der Waals surface area contributed by atoms with Crippen molar-refractivity contribution in [3.8, 4) is 0 Å². The van der Waals surface area contributed by atoms with Gasteiger partial charge in [0, 0.05) is 21.9 Å². The van der Waals surface area contributed by atoms with E-state index >= 15 is 0 Å². The Balaban J connectivity index is 2.94. The third-order valence-electron chi connectivity index (χ3n) is 2.01. The number of benzene rings is 1. The summed E-state index contributed by atoms with van der Waals surface area (Å²) >= 11 is 3.23. The van der Waals surface area contributed by atoms with Gasteiger partial charge in [0.1, 0.15) is 6.10 Å². The fourth-order valence-electron chi connectivity index (χ4n) is 1.09. The van der Waals surface area contributed by atoms with E-state index in [1.165, 1.54) is 6.92 Å². The van der Waals surface area contributed by atoms with E-state index in [-0.39, 0.29) is 0 Å². The van der Waals surface area contributed by atoms with E-state index in [2.05, 4.69) is 15.9 Å². The van der Waals surface area contributed by atoms with Crippen LogP contribution in [0.1, 0.15) is 18.6 Å². The van der Waals surface area contributed by atoms with E-state index in [9.17, 15) is 15.2 Å². The lowest BCUT2D eigenvalue weighted by molar-refractivity contribution is -0.531. The number of hydrogen-bond donors (Lipinski definition) is 1. The van der Waals surface area contributed by atoms with Gasteiger partial charge in [0.05, 0.1) is 0 Å². The molecular formula is C9H10BrNO3. The Kier molecular flexibility index (Phi) is 3.60. The number of aliphatic hydroxyl groups excluding tert-OH is 1. The highest BCUT2D eigenvalue weighted by Gasteiger charge is 2.26. The first-order chi connectivity index (χ1) is 6.54. The van der Waals surface area contributed by atoms with Crippen LogP contribution in [0.4, 0.5) is 0 Å². The van der Waals surface area contributed by atoms with Gasteiger partial charge < -0.3 is 5.11 Å². The molecule has 1 rings (SSSR count). The summed E-state index contributed by atoms with van der Waals surface area (Å²) < 4.78 is 0.682. The predicted octanol–water partition coefficient (Wildman–Crippen LogP) is 2.15. The van der Waals surface area contributed by atoms with E-state index in [1.54, 1.807) is 24.3 Å². The molecule has 5 heteroatoms. The maximum atomic E-state index is 10.5. The predicted molar refractivity (Wildman–Crippen MR) is 55.6 cm³/mol. The van der Waals surface area contributed by atoms with Crippen LogP contribution in [0.15, 0.2) is 28.7 Å². The van der Waals surface area contributed by atoms with Crippen LogP contribution in [0.25, 0.3) is 0 Å². The van der Waals surface area contributed by atoms with Crippen LogP contribution in [-0.2, 0) is 0 Å². The first-order valence-corrected chi connectivity index (χ1v) is 4.89. The van der Waals surface area contributed by atoms with Gasteiger partial charge in [0.2, 0.25) is 6.04 Å². The highest BCUT2D eigenvalue weighted by atomic mass is 79.9. The lowest BCUT2D eigenvalue weighted by Crippen LogP contribution is -2.24. The molecule has 0 aliphatic heterocycles. The Morgan fingerprint density at radius 3 is 2.57 bits per heavy atom. The van der Waals surface area contributed by atoms with Crippen molar-refractivity contribution >= 4 is 15.9 Å². The van der Waals surface area contributed by atoms with Crippen LogP contribution < -0.4 is 0 Å². The van der Waals surface area contributed by atoms with Crippen LogP contribution in [0.3, 0.4) is 0 Å². The minimum absolute atomic E-state index is 0.496. The summed E-state index contributed by atoms with van der Waals surface area (Å²) in [5, 5.41) is 20.1. The second-order valence-electron chi connectivity index (χ2n) is 2.99. The highest BCUT2D eigenvalue weighted by molar-refractivity contribution is 9.10. The number of nitrogens with zero attached hydrogens (tertiary/aromatic N) is 1. The van der Waals surface area contributed by atoms with Crippen molar-refractivity contribution in [2.24, 2.45) is 0 Å². The molecule has 1 N–H and O–H groups in total. The van der Waals surface area contributed by atoms with Crippen LogP contribution in [-0.4, -0.2) is 16.1 Å². The first kappa shape index (κ1) is 11.1. The maximum absolute atomic E-state index is 10.5. The number of nitro groups is 1. The van der Waals surface area contributed by atoms with Crippen molar-refractivity contribution in [1.82, 2.24) is 0 Å². The van der Waals surface area contributed by atoms with Crippen LogP contribution in [0.5, 0.6) is 0 Å². The van der Waals surface area contributed by atoms with Gasteiger partial charge in [-0.1, -0.05) is 34.1 Å². The normalized spacial score (nSPS) is 14.8. The molecule has 0 saturated heterocycles. The summed E-state index contributed by atoms with van der Waals surface area (Å²) in [5.74, 6) is 0. The smallest absolute Gasteiger partial charge is 0.240 e. The van der Waals surface area contributed by atoms with Crippen molar-refractivity contribution < 1.29 is 10.0 Å². The standard InChI is InChI=1S/C9H10BrNO3/c1-6(11(13)14)9(12)7-4-2-3-5-8(7)10/h2-6,9,12H,1H3.